The molecule has 2 rings (SSSR count). The first-order valence-corrected chi connectivity index (χ1v) is 9.29. The topological polar surface area (TPSA) is 83.1 Å². The molecule has 7 nitrogen and oxygen atoms in total. The smallest absolute Gasteiger partial charge is 0.344 e. The molecule has 8 heteroatoms. The highest BCUT2D eigenvalue weighted by Crippen LogP contribution is 2.27. The first kappa shape index (κ1) is 22.4. The highest BCUT2D eigenvalue weighted by molar-refractivity contribution is 6.31. The van der Waals surface area contributed by atoms with Crippen LogP contribution >= 0.6 is 11.6 Å². The summed E-state index contributed by atoms with van der Waals surface area (Å²) in [6, 6.07) is 10.4. The van der Waals surface area contributed by atoms with Crippen molar-refractivity contribution in [2.45, 2.75) is 26.5 Å². The molecule has 29 heavy (non-hydrogen) atoms. The van der Waals surface area contributed by atoms with E-state index in [9.17, 15) is 9.59 Å². The lowest BCUT2D eigenvalue weighted by Crippen LogP contribution is -2.36. The highest BCUT2D eigenvalue weighted by atomic mass is 35.5. The fraction of sp³-hybridized carbons (Fsp3) is 0.333. The van der Waals surface area contributed by atoms with Gasteiger partial charge in [-0.1, -0.05) is 17.7 Å². The van der Waals surface area contributed by atoms with Crippen molar-refractivity contribution in [1.29, 1.82) is 0 Å². The van der Waals surface area contributed by atoms with E-state index in [2.05, 4.69) is 5.32 Å². The molecule has 0 aliphatic rings. The number of carbonyl (C=O) groups is 2. The molecule has 0 saturated carbocycles. The zero-order valence-electron chi connectivity index (χ0n) is 16.8. The molecular weight excluding hydrogens is 398 g/mol. The molecule has 0 aromatic heterocycles. The molecular formula is C21H24ClNO6. The van der Waals surface area contributed by atoms with Crippen molar-refractivity contribution in [3.8, 4) is 17.2 Å². The molecule has 0 fully saturated rings. The van der Waals surface area contributed by atoms with Crippen molar-refractivity contribution in [3.63, 3.8) is 0 Å². The van der Waals surface area contributed by atoms with Gasteiger partial charge in [0, 0.05) is 11.6 Å². The third-order valence-electron chi connectivity index (χ3n) is 4.08. The molecule has 0 aliphatic carbocycles. The summed E-state index contributed by atoms with van der Waals surface area (Å²) in [5.74, 6) is 0.588. The highest BCUT2D eigenvalue weighted by Gasteiger charge is 2.18. The van der Waals surface area contributed by atoms with Gasteiger partial charge < -0.3 is 24.3 Å². The predicted octanol–water partition coefficient (Wildman–Crippen LogP) is 3.29. The van der Waals surface area contributed by atoms with Gasteiger partial charge in [0.1, 0.15) is 5.75 Å². The maximum Gasteiger partial charge on any atom is 0.344 e. The molecule has 1 atom stereocenters. The van der Waals surface area contributed by atoms with Gasteiger partial charge in [0.25, 0.3) is 5.91 Å². The molecule has 0 saturated heterocycles. The summed E-state index contributed by atoms with van der Waals surface area (Å²) in [6.45, 7) is 3.27. The number of methoxy groups -OCH3 is 2. The predicted molar refractivity (Wildman–Crippen MR) is 109 cm³/mol. The van der Waals surface area contributed by atoms with E-state index in [4.69, 9.17) is 30.5 Å². The van der Waals surface area contributed by atoms with E-state index in [0.717, 1.165) is 11.1 Å². The van der Waals surface area contributed by atoms with Gasteiger partial charge in [0.15, 0.2) is 24.2 Å². The lowest BCUT2D eigenvalue weighted by atomic mass is 10.2. The second kappa shape index (κ2) is 10.6. The van der Waals surface area contributed by atoms with Crippen LogP contribution in [-0.2, 0) is 20.9 Å². The van der Waals surface area contributed by atoms with Crippen molar-refractivity contribution in [2.24, 2.45) is 0 Å². The molecule has 2 aromatic carbocycles. The molecule has 0 aliphatic heterocycles. The monoisotopic (exact) mass is 421 g/mol. The van der Waals surface area contributed by atoms with Crippen molar-refractivity contribution in [2.75, 3.05) is 20.8 Å². The Morgan fingerprint density at radius 1 is 1.07 bits per heavy atom. The lowest BCUT2D eigenvalue weighted by molar-refractivity contribution is -0.156. The maximum atomic E-state index is 12.2. The number of ether oxygens (including phenoxy) is 4. The number of halogens is 1. The van der Waals surface area contributed by atoms with Crippen LogP contribution in [0.4, 0.5) is 0 Å². The van der Waals surface area contributed by atoms with Crippen LogP contribution in [0.3, 0.4) is 0 Å². The third kappa shape index (κ3) is 6.57. The Morgan fingerprint density at radius 2 is 1.79 bits per heavy atom. The van der Waals surface area contributed by atoms with Gasteiger partial charge in [-0.25, -0.2) is 4.79 Å². The zero-order chi connectivity index (χ0) is 21.4. The minimum Gasteiger partial charge on any atom is -0.493 e. The fourth-order valence-corrected chi connectivity index (χ4v) is 2.57. The fourth-order valence-electron chi connectivity index (χ4n) is 2.46. The van der Waals surface area contributed by atoms with Crippen molar-refractivity contribution < 1.29 is 28.5 Å². The van der Waals surface area contributed by atoms with E-state index < -0.39 is 18.0 Å². The van der Waals surface area contributed by atoms with Crippen molar-refractivity contribution in [3.05, 3.63) is 52.5 Å². The molecule has 1 N–H and O–H groups in total. The van der Waals surface area contributed by atoms with Crippen LogP contribution in [0.25, 0.3) is 0 Å². The number of aryl methyl sites for hydroxylation is 1. The molecule has 0 radical (unpaired) electrons. The van der Waals surface area contributed by atoms with Gasteiger partial charge in [0.05, 0.1) is 14.2 Å². The summed E-state index contributed by atoms with van der Waals surface area (Å²) in [5, 5.41) is 3.32. The van der Waals surface area contributed by atoms with Gasteiger partial charge in [0.2, 0.25) is 0 Å². The number of nitrogens with one attached hydrogen (secondary N) is 1. The first-order chi connectivity index (χ1) is 13.8. The number of hydrogen-bond donors (Lipinski definition) is 1. The Hall–Kier alpha value is -2.93. The summed E-state index contributed by atoms with van der Waals surface area (Å²) in [6.07, 6.45) is -0.960. The van der Waals surface area contributed by atoms with Gasteiger partial charge in [-0.15, -0.1) is 0 Å². The quantitative estimate of drug-likeness (QED) is 0.625. The van der Waals surface area contributed by atoms with Crippen LogP contribution < -0.4 is 19.5 Å². The summed E-state index contributed by atoms with van der Waals surface area (Å²) in [5.41, 5.74) is 1.65. The van der Waals surface area contributed by atoms with Crippen LogP contribution in [0.15, 0.2) is 36.4 Å². The molecule has 0 bridgehead atoms. The SMILES string of the molecule is COc1ccc(CNC(=O)C(C)OC(=O)COc2ccc(Cl)c(C)c2)cc1OC. The Kier molecular flexibility index (Phi) is 8.15. The van der Waals surface area contributed by atoms with Gasteiger partial charge in [-0.2, -0.15) is 0 Å². The molecule has 1 amide bonds. The molecule has 2 aromatic rings. The molecule has 0 heterocycles. The van der Waals surface area contributed by atoms with Crippen LogP contribution in [0.5, 0.6) is 17.2 Å². The summed E-state index contributed by atoms with van der Waals surface area (Å²) >= 11 is 5.95. The number of rotatable bonds is 9. The van der Waals surface area contributed by atoms with Crippen LogP contribution in [-0.4, -0.2) is 38.8 Å². The van der Waals surface area contributed by atoms with Gasteiger partial charge in [-0.3, -0.25) is 4.79 Å². The second-order valence-corrected chi connectivity index (χ2v) is 6.65. The van der Waals surface area contributed by atoms with Crippen LogP contribution in [0.1, 0.15) is 18.1 Å². The van der Waals surface area contributed by atoms with E-state index in [1.165, 1.54) is 14.0 Å². The number of carbonyl (C=O) groups excluding carboxylic acids is 2. The van der Waals surface area contributed by atoms with E-state index >= 15 is 0 Å². The minimum atomic E-state index is -0.960. The van der Waals surface area contributed by atoms with E-state index in [-0.39, 0.29) is 13.2 Å². The third-order valence-corrected chi connectivity index (χ3v) is 4.50. The Balaban J connectivity index is 1.80. The maximum absolute atomic E-state index is 12.2. The van der Waals surface area contributed by atoms with Crippen molar-refractivity contribution in [1.82, 2.24) is 5.32 Å². The summed E-state index contributed by atoms with van der Waals surface area (Å²) in [7, 11) is 3.09. The second-order valence-electron chi connectivity index (χ2n) is 6.24. The van der Waals surface area contributed by atoms with Crippen molar-refractivity contribution >= 4 is 23.5 Å². The lowest BCUT2D eigenvalue weighted by Gasteiger charge is -2.15. The Bertz CT molecular complexity index is 870. The first-order valence-electron chi connectivity index (χ1n) is 8.91. The number of benzene rings is 2. The normalized spacial score (nSPS) is 11.3. The van der Waals surface area contributed by atoms with E-state index in [1.54, 1.807) is 43.5 Å². The summed E-state index contributed by atoms with van der Waals surface area (Å²) in [4.78, 5) is 24.1. The standard InChI is InChI=1S/C21H24ClNO6/c1-13-9-16(6-7-17(13)22)28-12-20(24)29-14(2)21(25)23-11-15-5-8-18(26-3)19(10-15)27-4/h5-10,14H,11-12H2,1-4H3,(H,23,25). The molecule has 0 spiro atoms. The Labute approximate surface area is 174 Å². The average Bonchev–Trinajstić information content (AvgIpc) is 2.72. The average molecular weight is 422 g/mol. The van der Waals surface area contributed by atoms with E-state index in [0.29, 0.717) is 22.3 Å². The zero-order valence-corrected chi connectivity index (χ0v) is 17.5. The molecule has 156 valence electrons. The number of hydrogen-bond acceptors (Lipinski definition) is 6. The summed E-state index contributed by atoms with van der Waals surface area (Å²) < 4.78 is 20.9. The Morgan fingerprint density at radius 3 is 2.45 bits per heavy atom. The minimum absolute atomic E-state index is 0.252. The largest absolute Gasteiger partial charge is 0.493 e. The van der Waals surface area contributed by atoms with Gasteiger partial charge in [-0.05, 0) is 55.3 Å². The number of esters is 1. The molecule has 1 unspecified atom stereocenters. The van der Waals surface area contributed by atoms with Crippen LogP contribution in [0.2, 0.25) is 5.02 Å². The van der Waals surface area contributed by atoms with E-state index in [1.807, 2.05) is 6.92 Å². The number of amides is 1. The van der Waals surface area contributed by atoms with Gasteiger partial charge >= 0.3 is 5.97 Å². The van der Waals surface area contributed by atoms with Crippen LogP contribution in [0, 0.1) is 6.92 Å².